The van der Waals surface area contributed by atoms with Gasteiger partial charge in [-0.15, -0.1) is 11.3 Å². The first-order chi connectivity index (χ1) is 35.6. The minimum absolute atomic E-state index is 0.00840. The van der Waals surface area contributed by atoms with Crippen LogP contribution in [0.15, 0.2) is 72.2 Å². The zero-order chi connectivity index (χ0) is 54.5. The lowest BCUT2D eigenvalue weighted by molar-refractivity contribution is -0.144. The van der Waals surface area contributed by atoms with E-state index in [0.29, 0.717) is 50.9 Å². The van der Waals surface area contributed by atoms with E-state index in [4.69, 9.17) is 26.4 Å². The lowest BCUT2D eigenvalue weighted by Crippen LogP contribution is -2.57. The van der Waals surface area contributed by atoms with Gasteiger partial charge in [-0.3, -0.25) is 24.1 Å². The summed E-state index contributed by atoms with van der Waals surface area (Å²) in [5, 5.41) is 25.6. The Kier molecular flexibility index (Phi) is 20.3. The number of likely N-dealkylation sites (tertiary alicyclic amines) is 1. The zero-order valence-electron chi connectivity index (χ0n) is 43.5. The van der Waals surface area contributed by atoms with Crippen LogP contribution in [0.25, 0.3) is 10.4 Å². The Morgan fingerprint density at radius 2 is 1.52 bits per heavy atom. The van der Waals surface area contributed by atoms with Crippen LogP contribution < -0.4 is 25.2 Å². The summed E-state index contributed by atoms with van der Waals surface area (Å²) in [6.45, 7) is 13.9. The Hall–Kier alpha value is -5.98. The number of aromatic nitrogens is 1. The van der Waals surface area contributed by atoms with Crippen LogP contribution in [0.5, 0.6) is 5.75 Å². The van der Waals surface area contributed by atoms with E-state index in [1.54, 1.807) is 60.4 Å². The van der Waals surface area contributed by atoms with Crippen molar-refractivity contribution in [1.82, 2.24) is 20.5 Å². The Morgan fingerprint density at radius 1 is 0.907 bits per heavy atom. The van der Waals surface area contributed by atoms with Crippen LogP contribution in [0.1, 0.15) is 115 Å². The number of ether oxygens (including phenoxy) is 3. The molecule has 404 valence electrons. The standard InChI is InChI=1S/C55H68F3N7O8S2/c1-36-47(75-35-61-36)38-17-15-37(16-18-38)33-60-49(68)45-31-42(66)34-63(45)50(69)48(53(2,3)4)62-46(67)14-8-7-9-25-71-26-10-11-27-72-28-12-13-29-73-43-23-21-40(22-24-43)65-52(74)64(51(70)54(65,5)6)41-20-19-39(32-59)44(30-41)55(56,57)58/h15-24,30,35,42,45,48,66H,7-14,25-29,31,33-34H2,1-6H3,(H,60,68)(H,62,67)/t42-,45+,48-/m1/s1. The van der Waals surface area contributed by atoms with Crippen molar-refractivity contribution in [2.75, 3.05) is 49.4 Å². The summed E-state index contributed by atoms with van der Waals surface area (Å²) < 4.78 is 58.6. The Balaban J connectivity index is 0.796. The van der Waals surface area contributed by atoms with Crippen LogP contribution in [-0.2, 0) is 41.4 Å². The van der Waals surface area contributed by atoms with Crippen LogP contribution in [0.3, 0.4) is 0 Å². The predicted molar refractivity (Wildman–Crippen MR) is 285 cm³/mol. The molecule has 1 aromatic heterocycles. The fraction of sp³-hybridized carbons (Fsp3) is 0.509. The number of carbonyl (C=O) groups is 4. The number of unbranched alkanes of at least 4 members (excludes halogenated alkanes) is 4. The van der Waals surface area contributed by atoms with Gasteiger partial charge in [-0.1, -0.05) is 51.5 Å². The SMILES string of the molecule is Cc1ncsc1-c1ccc(CNC(=O)[C@@H]2C[C@@H](O)CN2C(=O)[C@@H](NC(=O)CCCCCOCCCCOCCCCOc2ccc(N3C(=S)N(c4ccc(C#N)c(C(F)(F)F)c4)C(=O)C3(C)C)cc2)C(C)(C)C)cc1. The number of aryl methyl sites for hydroxylation is 1. The monoisotopic (exact) mass is 1080 g/mol. The van der Waals surface area contributed by atoms with E-state index in [1.165, 1.54) is 11.0 Å². The maximum absolute atomic E-state index is 14.0. The van der Waals surface area contributed by atoms with E-state index in [1.807, 2.05) is 57.5 Å². The lowest BCUT2D eigenvalue weighted by Gasteiger charge is -2.35. The van der Waals surface area contributed by atoms with Gasteiger partial charge in [0.05, 0.1) is 51.7 Å². The number of hydrogen-bond acceptors (Lipinski definition) is 12. The van der Waals surface area contributed by atoms with E-state index in [2.05, 4.69) is 15.6 Å². The van der Waals surface area contributed by atoms with E-state index < -0.39 is 58.3 Å². The molecule has 20 heteroatoms. The molecule has 3 aromatic carbocycles. The lowest BCUT2D eigenvalue weighted by atomic mass is 9.85. The van der Waals surface area contributed by atoms with Gasteiger partial charge in [-0.25, -0.2) is 4.98 Å². The van der Waals surface area contributed by atoms with Crippen molar-refractivity contribution in [3.63, 3.8) is 0 Å². The molecule has 15 nitrogen and oxygen atoms in total. The highest BCUT2D eigenvalue weighted by atomic mass is 32.1. The molecule has 2 fully saturated rings. The molecular formula is C55H68F3N7O8S2. The number of carbonyl (C=O) groups excluding carboxylic acids is 4. The number of alkyl halides is 3. The molecule has 0 aliphatic carbocycles. The number of thiazole rings is 1. The van der Waals surface area contributed by atoms with E-state index in [-0.39, 0.29) is 48.5 Å². The second-order valence-electron chi connectivity index (χ2n) is 20.4. The number of nitrogens with one attached hydrogen (secondary N) is 2. The van der Waals surface area contributed by atoms with Crippen molar-refractivity contribution in [2.24, 2.45) is 5.41 Å². The Bertz CT molecular complexity index is 2650. The molecule has 0 bridgehead atoms. The maximum Gasteiger partial charge on any atom is 0.417 e. The summed E-state index contributed by atoms with van der Waals surface area (Å²) in [6.07, 6.45) is 0.172. The fourth-order valence-corrected chi connectivity index (χ4v) is 10.3. The molecule has 4 amide bonds. The molecule has 3 heterocycles. The largest absolute Gasteiger partial charge is 0.494 e. The van der Waals surface area contributed by atoms with Crippen molar-refractivity contribution in [2.45, 2.75) is 136 Å². The normalized spacial score (nSPS) is 17.1. The third-order valence-electron chi connectivity index (χ3n) is 13.1. The van der Waals surface area contributed by atoms with E-state index in [0.717, 1.165) is 77.3 Å². The third-order valence-corrected chi connectivity index (χ3v) is 14.5. The smallest absolute Gasteiger partial charge is 0.417 e. The first kappa shape index (κ1) is 58.3. The number of anilines is 2. The molecule has 3 N–H and O–H groups in total. The molecule has 0 radical (unpaired) electrons. The second-order valence-corrected chi connectivity index (χ2v) is 21.6. The molecule has 2 aliphatic rings. The molecule has 6 rings (SSSR count). The number of amides is 4. The summed E-state index contributed by atoms with van der Waals surface area (Å²) in [7, 11) is 0. The predicted octanol–water partition coefficient (Wildman–Crippen LogP) is 9.27. The van der Waals surface area contributed by atoms with E-state index >= 15 is 0 Å². The fourth-order valence-electron chi connectivity index (χ4n) is 8.94. The molecule has 2 aliphatic heterocycles. The molecular weight excluding hydrogens is 1010 g/mol. The number of aliphatic hydroxyl groups excluding tert-OH is 1. The third kappa shape index (κ3) is 15.3. The number of nitrogens with zero attached hydrogens (tertiary/aromatic N) is 5. The highest BCUT2D eigenvalue weighted by molar-refractivity contribution is 7.81. The average molecular weight is 1080 g/mol. The van der Waals surface area contributed by atoms with Crippen LogP contribution >= 0.6 is 23.6 Å². The summed E-state index contributed by atoms with van der Waals surface area (Å²) in [6, 6.07) is 17.7. The van der Waals surface area contributed by atoms with Gasteiger partial charge in [-0.05, 0) is 131 Å². The molecule has 0 unspecified atom stereocenters. The van der Waals surface area contributed by atoms with Crippen LogP contribution in [0.4, 0.5) is 24.5 Å². The van der Waals surface area contributed by atoms with Crippen molar-refractivity contribution in [3.8, 4) is 22.3 Å². The van der Waals surface area contributed by atoms with Gasteiger partial charge in [0.1, 0.15) is 23.4 Å². The number of hydrogen-bond donors (Lipinski definition) is 3. The maximum atomic E-state index is 14.0. The second kappa shape index (κ2) is 26.2. The molecule has 0 saturated carbocycles. The minimum Gasteiger partial charge on any atom is -0.494 e. The van der Waals surface area contributed by atoms with Crippen molar-refractivity contribution in [3.05, 3.63) is 94.6 Å². The summed E-state index contributed by atoms with van der Waals surface area (Å²) in [5.41, 5.74) is 1.67. The summed E-state index contributed by atoms with van der Waals surface area (Å²) in [4.78, 5) is 63.5. The number of β-amino-alcohol motifs (C(OH)–C–C–N with tert-alkyl or cyclic N) is 1. The zero-order valence-corrected chi connectivity index (χ0v) is 45.1. The molecule has 2 saturated heterocycles. The average Bonchev–Trinajstić information content (AvgIpc) is 4.03. The number of rotatable bonds is 25. The van der Waals surface area contributed by atoms with Gasteiger partial charge in [-0.2, -0.15) is 18.4 Å². The number of nitriles is 1. The van der Waals surface area contributed by atoms with Crippen LogP contribution in [0, 0.1) is 23.7 Å². The van der Waals surface area contributed by atoms with Gasteiger partial charge in [0.15, 0.2) is 5.11 Å². The first-order valence-corrected chi connectivity index (χ1v) is 26.6. The van der Waals surface area contributed by atoms with Crippen LogP contribution in [0.2, 0.25) is 0 Å². The minimum atomic E-state index is -4.79. The van der Waals surface area contributed by atoms with Crippen molar-refractivity contribution in [1.29, 1.82) is 5.26 Å². The highest BCUT2D eigenvalue weighted by Crippen LogP contribution is 2.40. The Morgan fingerprint density at radius 3 is 2.11 bits per heavy atom. The van der Waals surface area contributed by atoms with E-state index in [9.17, 15) is 42.7 Å². The first-order valence-electron chi connectivity index (χ1n) is 25.3. The van der Waals surface area contributed by atoms with Crippen LogP contribution in [-0.4, -0.2) is 107 Å². The van der Waals surface area contributed by atoms with Gasteiger partial charge >= 0.3 is 6.18 Å². The topological polar surface area (TPSA) is 187 Å². The number of halogens is 3. The summed E-state index contributed by atoms with van der Waals surface area (Å²) in [5.74, 6) is -0.894. The molecule has 75 heavy (non-hydrogen) atoms. The highest BCUT2D eigenvalue weighted by Gasteiger charge is 2.51. The number of aliphatic hydroxyl groups is 1. The van der Waals surface area contributed by atoms with Gasteiger partial charge in [0.25, 0.3) is 5.91 Å². The number of benzene rings is 3. The summed E-state index contributed by atoms with van der Waals surface area (Å²) >= 11 is 7.20. The molecule has 0 spiro atoms. The van der Waals surface area contributed by atoms with Gasteiger partial charge < -0.3 is 39.8 Å². The molecule has 3 atom stereocenters. The van der Waals surface area contributed by atoms with Crippen molar-refractivity contribution < 1.29 is 51.7 Å². The quantitative estimate of drug-likeness (QED) is 0.0423. The number of thiocarbonyl (C=S) groups is 1. The molecule has 4 aromatic rings. The Labute approximate surface area is 446 Å². The van der Waals surface area contributed by atoms with Crippen molar-refractivity contribution >= 4 is 63.7 Å². The van der Waals surface area contributed by atoms with Gasteiger partial charge in [0, 0.05) is 58.0 Å². The van der Waals surface area contributed by atoms with Gasteiger partial charge in [0.2, 0.25) is 17.7 Å².